The van der Waals surface area contributed by atoms with E-state index < -0.39 is 0 Å². The molecule has 9 rings (SSSR count). The van der Waals surface area contributed by atoms with Crippen LogP contribution in [0.25, 0.3) is 87.9 Å². The van der Waals surface area contributed by atoms with Crippen LogP contribution < -0.4 is 0 Å². The smallest absolute Gasteiger partial charge is 0.0780 e. The average molecular weight is 585 g/mol. The van der Waals surface area contributed by atoms with E-state index in [4.69, 9.17) is 9.97 Å². The van der Waals surface area contributed by atoms with Crippen LogP contribution in [0.3, 0.4) is 0 Å². The van der Waals surface area contributed by atoms with Gasteiger partial charge in [0.1, 0.15) is 0 Å². The first-order valence-corrected chi connectivity index (χ1v) is 15.6. The Bertz CT molecular complexity index is 2590. The van der Waals surface area contributed by atoms with Crippen molar-refractivity contribution >= 4 is 43.4 Å². The van der Waals surface area contributed by atoms with Gasteiger partial charge in [-0.3, -0.25) is 9.97 Å². The molecule has 2 heterocycles. The zero-order valence-corrected chi connectivity index (χ0v) is 25.1. The molecule has 214 valence electrons. The monoisotopic (exact) mass is 584 g/mol. The molecule has 0 saturated heterocycles. The molecule has 0 bridgehead atoms. The van der Waals surface area contributed by atoms with Crippen LogP contribution in [0.2, 0.25) is 0 Å². The van der Waals surface area contributed by atoms with E-state index >= 15 is 0 Å². The Kier molecular flexibility index (Phi) is 6.17. The van der Waals surface area contributed by atoms with Gasteiger partial charge in [0.25, 0.3) is 0 Å². The molecule has 0 spiro atoms. The van der Waals surface area contributed by atoms with Gasteiger partial charge in [-0.1, -0.05) is 121 Å². The number of nitrogens with zero attached hydrogens (tertiary/aromatic N) is 2. The van der Waals surface area contributed by atoms with Crippen molar-refractivity contribution in [3.8, 4) is 44.5 Å². The van der Waals surface area contributed by atoms with E-state index in [1.165, 1.54) is 43.8 Å². The predicted octanol–water partition coefficient (Wildman–Crippen LogP) is 11.8. The Morgan fingerprint density at radius 1 is 0.283 bits per heavy atom. The zero-order valence-electron chi connectivity index (χ0n) is 25.1. The van der Waals surface area contributed by atoms with Crippen LogP contribution in [0.4, 0.5) is 0 Å². The van der Waals surface area contributed by atoms with Crippen molar-refractivity contribution in [2.24, 2.45) is 0 Å². The Hall–Kier alpha value is -6.12. The molecule has 0 N–H and O–H groups in total. The number of rotatable bonds is 4. The van der Waals surface area contributed by atoms with Crippen LogP contribution in [0, 0.1) is 0 Å². The minimum atomic E-state index is 1.02. The predicted molar refractivity (Wildman–Crippen MR) is 194 cm³/mol. The fourth-order valence-electron chi connectivity index (χ4n) is 6.92. The van der Waals surface area contributed by atoms with Crippen LogP contribution in [-0.2, 0) is 0 Å². The van der Waals surface area contributed by atoms with Crippen molar-refractivity contribution in [2.75, 3.05) is 0 Å². The Morgan fingerprint density at radius 3 is 1.52 bits per heavy atom. The maximum atomic E-state index is 4.75. The lowest BCUT2D eigenvalue weighted by atomic mass is 9.89. The molecular weight excluding hydrogens is 556 g/mol. The van der Waals surface area contributed by atoms with Crippen molar-refractivity contribution in [1.29, 1.82) is 0 Å². The summed E-state index contributed by atoms with van der Waals surface area (Å²) in [6.07, 6.45) is 3.75. The molecule has 0 saturated carbocycles. The number of pyridine rings is 2. The standard InChI is InChI=1S/C44H28N2/c1-2-18-37-29(9-1)21-22-40-41(35-15-4-14-34(26-35)39-20-6-11-31-17-8-24-46-44(31)39)27-36(28-42(37)40)32-12-3-13-33(25-32)38-19-5-10-30-16-7-23-45-43(30)38/h1-28H. The molecule has 0 aliphatic carbocycles. The molecule has 0 unspecified atom stereocenters. The van der Waals surface area contributed by atoms with Gasteiger partial charge >= 0.3 is 0 Å². The van der Waals surface area contributed by atoms with E-state index in [0.717, 1.165) is 44.1 Å². The van der Waals surface area contributed by atoms with Gasteiger partial charge in [0, 0.05) is 34.3 Å². The van der Waals surface area contributed by atoms with Crippen molar-refractivity contribution in [3.63, 3.8) is 0 Å². The van der Waals surface area contributed by atoms with E-state index in [2.05, 4.69) is 146 Å². The lowest BCUT2D eigenvalue weighted by molar-refractivity contribution is 1.41. The summed E-state index contributed by atoms with van der Waals surface area (Å²) in [5.41, 5.74) is 11.4. The Labute approximate surface area is 267 Å². The summed E-state index contributed by atoms with van der Waals surface area (Å²) in [5.74, 6) is 0. The molecule has 0 atom stereocenters. The molecule has 9 aromatic rings. The normalized spacial score (nSPS) is 11.5. The maximum absolute atomic E-state index is 4.75. The summed E-state index contributed by atoms with van der Waals surface area (Å²) in [6.45, 7) is 0. The average Bonchev–Trinajstić information content (AvgIpc) is 3.14. The number of para-hydroxylation sites is 2. The number of benzene rings is 7. The third-order valence-electron chi connectivity index (χ3n) is 9.12. The van der Waals surface area contributed by atoms with Crippen molar-refractivity contribution in [3.05, 3.63) is 170 Å². The van der Waals surface area contributed by atoms with Crippen molar-refractivity contribution < 1.29 is 0 Å². The topological polar surface area (TPSA) is 25.8 Å². The summed E-state index contributed by atoms with van der Waals surface area (Å²) in [4.78, 5) is 9.48. The van der Waals surface area contributed by atoms with Gasteiger partial charge < -0.3 is 0 Å². The largest absolute Gasteiger partial charge is 0.256 e. The molecule has 0 aliphatic rings. The van der Waals surface area contributed by atoms with Gasteiger partial charge in [-0.25, -0.2) is 0 Å². The molecule has 2 aromatic heterocycles. The first-order valence-electron chi connectivity index (χ1n) is 15.6. The van der Waals surface area contributed by atoms with Crippen LogP contribution in [0.1, 0.15) is 0 Å². The molecule has 0 fully saturated rings. The molecular formula is C44H28N2. The highest BCUT2D eigenvalue weighted by molar-refractivity contribution is 6.14. The van der Waals surface area contributed by atoms with E-state index in [-0.39, 0.29) is 0 Å². The van der Waals surface area contributed by atoms with Gasteiger partial charge in [-0.2, -0.15) is 0 Å². The quantitative estimate of drug-likeness (QED) is 0.192. The highest BCUT2D eigenvalue weighted by Crippen LogP contribution is 2.40. The van der Waals surface area contributed by atoms with Crippen LogP contribution >= 0.6 is 0 Å². The van der Waals surface area contributed by atoms with Gasteiger partial charge in [0.2, 0.25) is 0 Å². The van der Waals surface area contributed by atoms with Crippen molar-refractivity contribution in [1.82, 2.24) is 9.97 Å². The molecule has 2 nitrogen and oxygen atoms in total. The second-order valence-electron chi connectivity index (χ2n) is 11.8. The lowest BCUT2D eigenvalue weighted by Crippen LogP contribution is -1.90. The van der Waals surface area contributed by atoms with Crippen molar-refractivity contribution in [2.45, 2.75) is 0 Å². The fraction of sp³-hybridized carbons (Fsp3) is 0. The van der Waals surface area contributed by atoms with Gasteiger partial charge in [0.15, 0.2) is 0 Å². The number of fused-ring (bicyclic) bond motifs is 5. The molecule has 2 heteroatoms. The van der Waals surface area contributed by atoms with Gasteiger partial charge in [-0.05, 0) is 91.3 Å². The van der Waals surface area contributed by atoms with Gasteiger partial charge in [0.05, 0.1) is 11.0 Å². The first-order chi connectivity index (χ1) is 22.8. The molecule has 0 aliphatic heterocycles. The third-order valence-corrected chi connectivity index (χ3v) is 9.12. The highest BCUT2D eigenvalue weighted by atomic mass is 14.7. The molecule has 0 radical (unpaired) electrons. The highest BCUT2D eigenvalue weighted by Gasteiger charge is 2.14. The minimum Gasteiger partial charge on any atom is -0.256 e. The first kappa shape index (κ1) is 26.3. The third kappa shape index (κ3) is 4.43. The summed E-state index contributed by atoms with van der Waals surface area (Å²) < 4.78 is 0. The molecule has 0 amide bonds. The summed E-state index contributed by atoms with van der Waals surface area (Å²) in [6, 6.07) is 56.8. The van der Waals surface area contributed by atoms with E-state index in [9.17, 15) is 0 Å². The maximum Gasteiger partial charge on any atom is 0.0780 e. The van der Waals surface area contributed by atoms with Crippen LogP contribution in [0.5, 0.6) is 0 Å². The Morgan fingerprint density at radius 2 is 0.826 bits per heavy atom. The van der Waals surface area contributed by atoms with Crippen LogP contribution in [-0.4, -0.2) is 9.97 Å². The SMILES string of the molecule is c1cc(-c2cc(-c3cccc(-c4cccc5cccnc45)c3)c3ccc4ccccc4c3c2)cc(-c2cccc3cccnc23)c1. The van der Waals surface area contributed by atoms with E-state index in [1.807, 2.05) is 24.5 Å². The van der Waals surface area contributed by atoms with E-state index in [1.54, 1.807) is 0 Å². The second kappa shape index (κ2) is 10.8. The van der Waals surface area contributed by atoms with Gasteiger partial charge in [-0.15, -0.1) is 0 Å². The van der Waals surface area contributed by atoms with Crippen LogP contribution in [0.15, 0.2) is 170 Å². The number of hydrogen-bond acceptors (Lipinski definition) is 2. The second-order valence-corrected chi connectivity index (χ2v) is 11.8. The lowest BCUT2D eigenvalue weighted by Gasteiger charge is -2.15. The Balaban J connectivity index is 1.27. The zero-order chi connectivity index (χ0) is 30.5. The molecule has 46 heavy (non-hydrogen) atoms. The minimum absolute atomic E-state index is 1.02. The summed E-state index contributed by atoms with van der Waals surface area (Å²) in [7, 11) is 0. The summed E-state index contributed by atoms with van der Waals surface area (Å²) in [5, 5.41) is 7.28. The van der Waals surface area contributed by atoms with E-state index in [0.29, 0.717) is 0 Å². The number of hydrogen-bond donors (Lipinski definition) is 0. The molecule has 7 aromatic carbocycles. The number of aromatic nitrogens is 2. The fourth-order valence-corrected chi connectivity index (χ4v) is 6.92. The summed E-state index contributed by atoms with van der Waals surface area (Å²) >= 11 is 0.